The fraction of sp³-hybridized carbons (Fsp3) is 0.500. The lowest BCUT2D eigenvalue weighted by Crippen LogP contribution is -2.45. The van der Waals surface area contributed by atoms with Crippen molar-refractivity contribution in [3.05, 3.63) is 33.9 Å². The molecule has 0 radical (unpaired) electrons. The molecule has 1 aromatic rings. The highest BCUT2D eigenvalue weighted by molar-refractivity contribution is 5.49. The number of ether oxygens (including phenoxy) is 1. The number of alkyl halides is 3. The second-order valence-electron chi connectivity index (χ2n) is 4.63. The Hall–Kier alpha value is -1.83. The van der Waals surface area contributed by atoms with Gasteiger partial charge in [-0.25, -0.2) is 0 Å². The summed E-state index contributed by atoms with van der Waals surface area (Å²) >= 11 is 0. The van der Waals surface area contributed by atoms with E-state index in [1.165, 1.54) is 0 Å². The third-order valence-corrected chi connectivity index (χ3v) is 3.28. The number of nitro benzene ring substituents is 1. The largest absolute Gasteiger partial charge is 0.483 e. The smallest absolute Gasteiger partial charge is 0.416 e. The van der Waals surface area contributed by atoms with Crippen molar-refractivity contribution in [3.8, 4) is 5.75 Å². The van der Waals surface area contributed by atoms with E-state index < -0.39 is 22.4 Å². The lowest BCUT2D eigenvalue weighted by atomic mass is 9.89. The summed E-state index contributed by atoms with van der Waals surface area (Å²) < 4.78 is 43.0. The molecular formula is C12H13F3N2O3. The number of benzene rings is 1. The summed E-state index contributed by atoms with van der Waals surface area (Å²) in [5.41, 5.74) is -1.72. The molecule has 110 valence electrons. The summed E-state index contributed by atoms with van der Waals surface area (Å²) in [5, 5.41) is 13.9. The van der Waals surface area contributed by atoms with Crippen LogP contribution in [0, 0.1) is 10.1 Å². The molecule has 0 aromatic heterocycles. The van der Waals surface area contributed by atoms with Crippen molar-refractivity contribution in [3.63, 3.8) is 0 Å². The standard InChI is InChI=1S/C12H13F3N2O3/c1-16-8-5-9(6-8)20-11-3-2-7(12(13,14)15)4-10(11)17(18)19/h2-4,8-9,16H,5-6H2,1H3. The molecule has 0 saturated heterocycles. The first-order valence-corrected chi connectivity index (χ1v) is 6.01. The van der Waals surface area contributed by atoms with Gasteiger partial charge >= 0.3 is 11.9 Å². The molecule has 1 aromatic carbocycles. The van der Waals surface area contributed by atoms with Gasteiger partial charge < -0.3 is 10.1 Å². The second kappa shape index (κ2) is 5.28. The van der Waals surface area contributed by atoms with E-state index in [1.807, 2.05) is 0 Å². The molecule has 2 rings (SSSR count). The Morgan fingerprint density at radius 2 is 2.05 bits per heavy atom. The van der Waals surface area contributed by atoms with Crippen LogP contribution < -0.4 is 10.1 Å². The third-order valence-electron chi connectivity index (χ3n) is 3.28. The van der Waals surface area contributed by atoms with Gasteiger partial charge in [0.05, 0.1) is 10.5 Å². The molecule has 0 heterocycles. The highest BCUT2D eigenvalue weighted by atomic mass is 19.4. The van der Waals surface area contributed by atoms with Gasteiger partial charge in [0.15, 0.2) is 5.75 Å². The van der Waals surface area contributed by atoms with E-state index >= 15 is 0 Å². The summed E-state index contributed by atoms with van der Waals surface area (Å²) in [7, 11) is 1.79. The molecule has 20 heavy (non-hydrogen) atoms. The summed E-state index contributed by atoms with van der Waals surface area (Å²) in [6.45, 7) is 0. The minimum absolute atomic E-state index is 0.123. The zero-order valence-corrected chi connectivity index (χ0v) is 10.6. The number of nitro groups is 1. The Morgan fingerprint density at radius 1 is 1.40 bits per heavy atom. The Kier molecular flexibility index (Phi) is 3.85. The Labute approximate surface area is 112 Å². The lowest BCUT2D eigenvalue weighted by molar-refractivity contribution is -0.386. The molecule has 1 aliphatic carbocycles. The van der Waals surface area contributed by atoms with Crippen LogP contribution in [0.3, 0.4) is 0 Å². The van der Waals surface area contributed by atoms with E-state index in [1.54, 1.807) is 7.05 Å². The molecule has 8 heteroatoms. The Balaban J connectivity index is 2.18. The van der Waals surface area contributed by atoms with Crippen LogP contribution >= 0.6 is 0 Å². The van der Waals surface area contributed by atoms with Gasteiger partial charge in [0.1, 0.15) is 6.10 Å². The van der Waals surface area contributed by atoms with Crippen molar-refractivity contribution in [1.82, 2.24) is 5.32 Å². The summed E-state index contributed by atoms with van der Waals surface area (Å²) in [5.74, 6) is -0.123. The molecule has 1 fully saturated rings. The minimum atomic E-state index is -4.61. The maximum Gasteiger partial charge on any atom is 0.416 e. The van der Waals surface area contributed by atoms with Crippen LogP contribution in [0.4, 0.5) is 18.9 Å². The molecule has 0 atom stereocenters. The van der Waals surface area contributed by atoms with Gasteiger partial charge in [-0.2, -0.15) is 13.2 Å². The van der Waals surface area contributed by atoms with E-state index in [-0.39, 0.29) is 17.9 Å². The number of hydrogen-bond acceptors (Lipinski definition) is 4. The molecule has 0 bridgehead atoms. The van der Waals surface area contributed by atoms with Crippen molar-refractivity contribution >= 4 is 5.69 Å². The van der Waals surface area contributed by atoms with Crippen LogP contribution in [-0.4, -0.2) is 24.1 Å². The van der Waals surface area contributed by atoms with Crippen molar-refractivity contribution < 1.29 is 22.8 Å². The van der Waals surface area contributed by atoms with Crippen LogP contribution in [-0.2, 0) is 6.18 Å². The van der Waals surface area contributed by atoms with Crippen molar-refractivity contribution in [2.45, 2.75) is 31.2 Å². The molecule has 0 spiro atoms. The van der Waals surface area contributed by atoms with Gasteiger partial charge in [-0.3, -0.25) is 10.1 Å². The topological polar surface area (TPSA) is 64.4 Å². The highest BCUT2D eigenvalue weighted by Crippen LogP contribution is 2.37. The van der Waals surface area contributed by atoms with Crippen LogP contribution in [0.5, 0.6) is 5.75 Å². The van der Waals surface area contributed by atoms with Crippen LogP contribution in [0.1, 0.15) is 18.4 Å². The van der Waals surface area contributed by atoms with Crippen LogP contribution in [0.15, 0.2) is 18.2 Å². The minimum Gasteiger partial charge on any atom is -0.483 e. The molecular weight excluding hydrogens is 277 g/mol. The number of rotatable bonds is 4. The normalized spacial score (nSPS) is 22.2. The lowest BCUT2D eigenvalue weighted by Gasteiger charge is -2.34. The fourth-order valence-corrected chi connectivity index (χ4v) is 2.01. The molecule has 0 unspecified atom stereocenters. The van der Waals surface area contributed by atoms with Crippen molar-refractivity contribution in [2.24, 2.45) is 0 Å². The monoisotopic (exact) mass is 290 g/mol. The molecule has 1 saturated carbocycles. The molecule has 1 aliphatic rings. The van der Waals surface area contributed by atoms with Gasteiger partial charge in [-0.05, 0) is 32.0 Å². The summed E-state index contributed by atoms with van der Waals surface area (Å²) in [4.78, 5) is 9.99. The van der Waals surface area contributed by atoms with Gasteiger partial charge in [0.2, 0.25) is 0 Å². The zero-order valence-electron chi connectivity index (χ0n) is 10.6. The maximum absolute atomic E-state index is 12.5. The third kappa shape index (κ3) is 3.01. The number of halogens is 3. The molecule has 5 nitrogen and oxygen atoms in total. The molecule has 0 aliphatic heterocycles. The van der Waals surface area contributed by atoms with E-state index in [0.717, 1.165) is 12.1 Å². The predicted molar refractivity (Wildman–Crippen MR) is 64.6 cm³/mol. The first-order valence-electron chi connectivity index (χ1n) is 6.01. The average Bonchev–Trinajstić information content (AvgIpc) is 2.31. The van der Waals surface area contributed by atoms with E-state index in [9.17, 15) is 23.3 Å². The number of nitrogens with zero attached hydrogens (tertiary/aromatic N) is 1. The summed E-state index contributed by atoms with van der Waals surface area (Å²) in [6, 6.07) is 2.59. The number of nitrogens with one attached hydrogen (secondary N) is 1. The van der Waals surface area contributed by atoms with Crippen molar-refractivity contribution in [2.75, 3.05) is 7.05 Å². The fourth-order valence-electron chi connectivity index (χ4n) is 2.01. The van der Waals surface area contributed by atoms with Gasteiger partial charge in [-0.1, -0.05) is 0 Å². The molecule has 1 N–H and O–H groups in total. The van der Waals surface area contributed by atoms with Gasteiger partial charge in [0.25, 0.3) is 0 Å². The number of hydrogen-bond donors (Lipinski definition) is 1. The van der Waals surface area contributed by atoms with E-state index in [2.05, 4.69) is 5.32 Å². The first-order chi connectivity index (χ1) is 9.31. The zero-order chi connectivity index (χ0) is 14.9. The van der Waals surface area contributed by atoms with E-state index in [4.69, 9.17) is 4.74 Å². The van der Waals surface area contributed by atoms with E-state index in [0.29, 0.717) is 18.9 Å². The van der Waals surface area contributed by atoms with Gasteiger partial charge in [0, 0.05) is 12.1 Å². The average molecular weight is 290 g/mol. The first kappa shape index (κ1) is 14.6. The summed E-state index contributed by atoms with van der Waals surface area (Å²) in [6.07, 6.45) is -3.47. The van der Waals surface area contributed by atoms with Crippen LogP contribution in [0.25, 0.3) is 0 Å². The Bertz CT molecular complexity index is 513. The predicted octanol–water partition coefficient (Wildman–Crippen LogP) is 2.74. The van der Waals surface area contributed by atoms with Gasteiger partial charge in [-0.15, -0.1) is 0 Å². The maximum atomic E-state index is 12.5. The highest BCUT2D eigenvalue weighted by Gasteiger charge is 2.35. The van der Waals surface area contributed by atoms with Crippen LogP contribution in [0.2, 0.25) is 0 Å². The van der Waals surface area contributed by atoms with Crippen molar-refractivity contribution in [1.29, 1.82) is 0 Å². The Morgan fingerprint density at radius 3 is 2.55 bits per heavy atom. The second-order valence-corrected chi connectivity index (χ2v) is 4.63. The quantitative estimate of drug-likeness (QED) is 0.684. The SMILES string of the molecule is CNC1CC(Oc2ccc(C(F)(F)F)cc2[N+](=O)[O-])C1. The molecule has 0 amide bonds.